The number of hydrogen-bond donors (Lipinski definition) is 0. The Morgan fingerprint density at radius 1 is 1.00 bits per heavy atom. The predicted molar refractivity (Wildman–Crippen MR) is 142 cm³/mol. The summed E-state index contributed by atoms with van der Waals surface area (Å²) in [6, 6.07) is 11.0. The summed E-state index contributed by atoms with van der Waals surface area (Å²) in [4.78, 5) is 29.1. The second-order valence-electron chi connectivity index (χ2n) is 9.93. The lowest BCUT2D eigenvalue weighted by molar-refractivity contribution is 0.0593. The van der Waals surface area contributed by atoms with Crippen molar-refractivity contribution in [1.29, 1.82) is 0 Å². The lowest BCUT2D eigenvalue weighted by Crippen LogP contribution is -2.31. The van der Waals surface area contributed by atoms with E-state index in [-0.39, 0.29) is 23.2 Å². The van der Waals surface area contributed by atoms with Crippen LogP contribution in [0.15, 0.2) is 45.6 Å². The Hall–Kier alpha value is -3.12. The van der Waals surface area contributed by atoms with Crippen LogP contribution >= 0.6 is 0 Å². The lowest BCUT2D eigenvalue weighted by Gasteiger charge is -2.25. The zero-order valence-corrected chi connectivity index (χ0v) is 22.1. The maximum absolute atomic E-state index is 13.8. The minimum Gasteiger partial charge on any atom is -0.494 e. The van der Waals surface area contributed by atoms with E-state index >= 15 is 0 Å². The van der Waals surface area contributed by atoms with Gasteiger partial charge in [0, 0.05) is 13.2 Å². The van der Waals surface area contributed by atoms with Crippen molar-refractivity contribution in [2.45, 2.75) is 72.4 Å². The summed E-state index contributed by atoms with van der Waals surface area (Å²) in [7, 11) is 0. The van der Waals surface area contributed by atoms with Crippen LogP contribution in [-0.2, 0) is 4.74 Å². The summed E-state index contributed by atoms with van der Waals surface area (Å²) in [6.45, 7) is 11.7. The van der Waals surface area contributed by atoms with Crippen LogP contribution in [0.25, 0.3) is 11.0 Å². The Morgan fingerprint density at radius 2 is 1.75 bits per heavy atom. The molecule has 6 nitrogen and oxygen atoms in total. The average molecular weight is 492 g/mol. The van der Waals surface area contributed by atoms with E-state index in [1.165, 1.54) is 0 Å². The first kappa shape index (κ1) is 26.0. The standard InChI is InChI=1S/C30H37NO5/c1-6-7-8-15-35-23-12-10-22(11-13-23)27-26-28(32)25-21(5)17-20(4)18-24(25)36-29(26)30(33)31(27)14-9-16-34-19(2)3/h10-13,17-19,27H,6-9,14-16H2,1-5H3. The molecule has 2 heterocycles. The van der Waals surface area contributed by atoms with Crippen LogP contribution in [0.5, 0.6) is 5.75 Å². The van der Waals surface area contributed by atoms with Crippen LogP contribution < -0.4 is 10.2 Å². The molecule has 1 unspecified atom stereocenters. The molecule has 1 aromatic heterocycles. The summed E-state index contributed by atoms with van der Waals surface area (Å²) < 4.78 is 17.7. The van der Waals surface area contributed by atoms with Crippen molar-refractivity contribution >= 4 is 16.9 Å². The van der Waals surface area contributed by atoms with E-state index in [1.54, 1.807) is 4.90 Å². The molecule has 6 heteroatoms. The number of amides is 1. The molecule has 0 radical (unpaired) electrons. The second-order valence-corrected chi connectivity index (χ2v) is 9.93. The Kier molecular flexibility index (Phi) is 8.14. The summed E-state index contributed by atoms with van der Waals surface area (Å²) in [5.74, 6) is 0.679. The zero-order chi connectivity index (χ0) is 25.8. The van der Waals surface area contributed by atoms with Gasteiger partial charge in [-0.3, -0.25) is 9.59 Å². The molecule has 192 valence electrons. The van der Waals surface area contributed by atoms with Crippen molar-refractivity contribution in [1.82, 2.24) is 4.90 Å². The fraction of sp³-hybridized carbons (Fsp3) is 0.467. The minimum atomic E-state index is -0.512. The molecular weight excluding hydrogens is 454 g/mol. The normalized spacial score (nSPS) is 15.2. The van der Waals surface area contributed by atoms with Gasteiger partial charge in [0.25, 0.3) is 5.91 Å². The fourth-order valence-corrected chi connectivity index (χ4v) is 4.93. The van der Waals surface area contributed by atoms with Crippen molar-refractivity contribution in [3.63, 3.8) is 0 Å². The van der Waals surface area contributed by atoms with Gasteiger partial charge in [-0.25, -0.2) is 0 Å². The summed E-state index contributed by atoms with van der Waals surface area (Å²) in [6.07, 6.45) is 4.08. The molecule has 36 heavy (non-hydrogen) atoms. The maximum atomic E-state index is 13.8. The van der Waals surface area contributed by atoms with E-state index in [0.717, 1.165) is 41.7 Å². The van der Waals surface area contributed by atoms with Crippen molar-refractivity contribution in [2.75, 3.05) is 19.8 Å². The third-order valence-electron chi connectivity index (χ3n) is 6.62. The van der Waals surface area contributed by atoms with Gasteiger partial charge in [0.15, 0.2) is 5.43 Å². The van der Waals surface area contributed by atoms with Gasteiger partial charge in [-0.15, -0.1) is 0 Å². The van der Waals surface area contributed by atoms with Crippen LogP contribution in [0.3, 0.4) is 0 Å². The molecule has 1 aliphatic heterocycles. The van der Waals surface area contributed by atoms with Crippen molar-refractivity contribution in [3.8, 4) is 5.75 Å². The second kappa shape index (κ2) is 11.3. The van der Waals surface area contributed by atoms with E-state index in [0.29, 0.717) is 42.7 Å². The SMILES string of the molecule is CCCCCOc1ccc(C2c3c(oc4cc(C)cc(C)c4c3=O)C(=O)N2CCCOC(C)C)cc1. The first-order chi connectivity index (χ1) is 17.3. The Labute approximate surface area is 213 Å². The summed E-state index contributed by atoms with van der Waals surface area (Å²) >= 11 is 0. The van der Waals surface area contributed by atoms with E-state index in [1.807, 2.05) is 64.1 Å². The molecule has 0 N–H and O–H groups in total. The molecule has 1 atom stereocenters. The van der Waals surface area contributed by atoms with Gasteiger partial charge >= 0.3 is 0 Å². The molecule has 0 fully saturated rings. The van der Waals surface area contributed by atoms with Crippen LogP contribution in [0, 0.1) is 13.8 Å². The first-order valence-corrected chi connectivity index (χ1v) is 13.0. The monoisotopic (exact) mass is 491 g/mol. The zero-order valence-electron chi connectivity index (χ0n) is 22.1. The topological polar surface area (TPSA) is 69.0 Å². The van der Waals surface area contributed by atoms with E-state index in [9.17, 15) is 9.59 Å². The quantitative estimate of drug-likeness (QED) is 0.293. The van der Waals surface area contributed by atoms with Crippen LogP contribution in [-0.4, -0.2) is 36.7 Å². The fourth-order valence-electron chi connectivity index (χ4n) is 4.93. The number of unbranched alkanes of at least 4 members (excludes halogenated alkanes) is 2. The summed E-state index contributed by atoms with van der Waals surface area (Å²) in [5.41, 5.74) is 3.45. The molecule has 4 rings (SSSR count). The van der Waals surface area contributed by atoms with Crippen molar-refractivity contribution in [2.24, 2.45) is 0 Å². The molecular formula is C30H37NO5. The van der Waals surface area contributed by atoms with Gasteiger partial charge < -0.3 is 18.8 Å². The van der Waals surface area contributed by atoms with Gasteiger partial charge in [-0.2, -0.15) is 0 Å². The molecule has 0 spiro atoms. The van der Waals surface area contributed by atoms with Crippen molar-refractivity contribution in [3.05, 3.63) is 74.6 Å². The first-order valence-electron chi connectivity index (χ1n) is 13.0. The van der Waals surface area contributed by atoms with Gasteiger partial charge in [0.05, 0.1) is 29.7 Å². The number of rotatable bonds is 11. The summed E-state index contributed by atoms with van der Waals surface area (Å²) in [5, 5.41) is 0.540. The molecule has 0 bridgehead atoms. The van der Waals surface area contributed by atoms with E-state index < -0.39 is 6.04 Å². The highest BCUT2D eigenvalue weighted by atomic mass is 16.5. The minimum absolute atomic E-state index is 0.122. The number of nitrogens with zero attached hydrogens (tertiary/aromatic N) is 1. The molecule has 0 saturated carbocycles. The molecule has 1 aliphatic rings. The molecule has 0 aliphatic carbocycles. The number of carbonyl (C=O) groups excluding carboxylic acids is 1. The molecule has 1 amide bonds. The van der Waals surface area contributed by atoms with Gasteiger partial charge in [-0.1, -0.05) is 38.0 Å². The van der Waals surface area contributed by atoms with Gasteiger partial charge in [0.1, 0.15) is 11.3 Å². The predicted octanol–water partition coefficient (Wildman–Crippen LogP) is 6.34. The number of fused-ring (bicyclic) bond motifs is 2. The van der Waals surface area contributed by atoms with Crippen molar-refractivity contribution < 1.29 is 18.7 Å². The lowest BCUT2D eigenvalue weighted by atomic mass is 9.97. The maximum Gasteiger partial charge on any atom is 0.290 e. The number of hydrogen-bond acceptors (Lipinski definition) is 5. The molecule has 0 saturated heterocycles. The van der Waals surface area contributed by atoms with Gasteiger partial charge in [0.2, 0.25) is 5.76 Å². The van der Waals surface area contributed by atoms with Crippen LogP contribution in [0.1, 0.15) is 85.3 Å². The smallest absolute Gasteiger partial charge is 0.290 e. The number of carbonyl (C=O) groups is 1. The third-order valence-corrected chi connectivity index (χ3v) is 6.62. The van der Waals surface area contributed by atoms with E-state index in [2.05, 4.69) is 6.92 Å². The van der Waals surface area contributed by atoms with Gasteiger partial charge in [-0.05, 0) is 75.4 Å². The third kappa shape index (κ3) is 5.34. The van der Waals surface area contributed by atoms with E-state index in [4.69, 9.17) is 13.9 Å². The number of ether oxygens (including phenoxy) is 2. The number of aryl methyl sites for hydroxylation is 2. The highest BCUT2D eigenvalue weighted by molar-refractivity contribution is 5.99. The Bertz CT molecular complexity index is 1280. The van der Waals surface area contributed by atoms with Crippen LogP contribution in [0.2, 0.25) is 0 Å². The highest BCUT2D eigenvalue weighted by Crippen LogP contribution is 2.39. The molecule has 2 aromatic carbocycles. The largest absolute Gasteiger partial charge is 0.494 e. The Balaban J connectivity index is 1.72. The number of benzene rings is 2. The van der Waals surface area contributed by atoms with Crippen LogP contribution in [0.4, 0.5) is 0 Å². The molecule has 3 aromatic rings. The Morgan fingerprint density at radius 3 is 2.44 bits per heavy atom. The average Bonchev–Trinajstić information content (AvgIpc) is 3.11. The highest BCUT2D eigenvalue weighted by Gasteiger charge is 2.42.